The van der Waals surface area contributed by atoms with E-state index in [1.165, 1.54) is 32.1 Å². The van der Waals surface area contributed by atoms with E-state index in [1.807, 2.05) is 18.2 Å². The lowest BCUT2D eigenvalue weighted by molar-refractivity contribution is 0.319. The van der Waals surface area contributed by atoms with Gasteiger partial charge in [0.2, 0.25) is 0 Å². The molecule has 0 radical (unpaired) electrons. The molecule has 1 atom stereocenters. The average Bonchev–Trinajstić information content (AvgIpc) is 2.45. The summed E-state index contributed by atoms with van der Waals surface area (Å²) in [5.41, 5.74) is 7.95. The molecule has 0 aliphatic heterocycles. The van der Waals surface area contributed by atoms with E-state index >= 15 is 0 Å². The third-order valence-corrected chi connectivity index (χ3v) is 3.43. The maximum Gasteiger partial charge on any atom is 0.144 e. The molecular weight excluding hydrogens is 248 g/mol. The lowest BCUT2D eigenvalue weighted by Gasteiger charge is -2.21. The van der Waals surface area contributed by atoms with Gasteiger partial charge in [0, 0.05) is 6.04 Å². The monoisotopic (exact) mass is 278 g/mol. The largest absolute Gasteiger partial charge is 0.491 e. The molecule has 0 aliphatic rings. The van der Waals surface area contributed by atoms with Gasteiger partial charge in [-0.15, -0.1) is 0 Å². The Morgan fingerprint density at radius 1 is 1.10 bits per heavy atom. The van der Waals surface area contributed by atoms with Crippen LogP contribution in [0.5, 0.6) is 5.75 Å². The molecule has 20 heavy (non-hydrogen) atoms. The van der Waals surface area contributed by atoms with E-state index in [0.717, 1.165) is 23.5 Å². The van der Waals surface area contributed by atoms with Gasteiger partial charge in [0.05, 0.1) is 18.0 Å². The Morgan fingerprint density at radius 3 is 2.55 bits per heavy atom. The summed E-state index contributed by atoms with van der Waals surface area (Å²) in [6.45, 7) is 7.27. The molecule has 1 unspecified atom stereocenters. The summed E-state index contributed by atoms with van der Waals surface area (Å²) in [6, 6.07) is 6.50. The molecule has 0 saturated carbocycles. The number of hydrogen-bond donors (Lipinski definition) is 2. The van der Waals surface area contributed by atoms with Crippen LogP contribution in [0, 0.1) is 0 Å². The van der Waals surface area contributed by atoms with Crippen LogP contribution >= 0.6 is 0 Å². The molecule has 3 heteroatoms. The lowest BCUT2D eigenvalue weighted by Crippen LogP contribution is -2.20. The quantitative estimate of drug-likeness (QED) is 0.603. The highest BCUT2D eigenvalue weighted by atomic mass is 16.5. The Labute approximate surface area is 123 Å². The van der Waals surface area contributed by atoms with Crippen LogP contribution in [0.2, 0.25) is 0 Å². The Balaban J connectivity index is 2.73. The first-order valence-electron chi connectivity index (χ1n) is 8.00. The molecule has 3 nitrogen and oxygen atoms in total. The maximum absolute atomic E-state index is 6.21. The number of nitrogens with two attached hydrogens (primary N) is 1. The summed E-state index contributed by atoms with van der Waals surface area (Å²) in [7, 11) is 0. The van der Waals surface area contributed by atoms with E-state index in [9.17, 15) is 0 Å². The number of hydrogen-bond acceptors (Lipinski definition) is 3. The van der Waals surface area contributed by atoms with E-state index in [1.54, 1.807) is 0 Å². The third-order valence-electron chi connectivity index (χ3n) is 3.43. The highest BCUT2D eigenvalue weighted by molar-refractivity contribution is 5.73. The van der Waals surface area contributed by atoms with Crippen molar-refractivity contribution in [1.82, 2.24) is 0 Å². The Kier molecular flexibility index (Phi) is 7.93. The number of anilines is 2. The number of ether oxygens (including phenoxy) is 1. The van der Waals surface area contributed by atoms with Crippen molar-refractivity contribution in [2.75, 3.05) is 17.7 Å². The highest BCUT2D eigenvalue weighted by Gasteiger charge is 2.11. The summed E-state index contributed by atoms with van der Waals surface area (Å²) in [5.74, 6) is 0.794. The molecule has 0 saturated heterocycles. The zero-order valence-electron chi connectivity index (χ0n) is 13.2. The summed E-state index contributed by atoms with van der Waals surface area (Å²) in [6.07, 6.45) is 7.04. The molecule has 0 heterocycles. The van der Waals surface area contributed by atoms with Crippen LogP contribution in [0.1, 0.15) is 59.3 Å². The van der Waals surface area contributed by atoms with Crippen LogP contribution in [0.3, 0.4) is 0 Å². The van der Waals surface area contributed by atoms with Gasteiger partial charge in [-0.05, 0) is 31.4 Å². The molecule has 0 amide bonds. The summed E-state index contributed by atoms with van der Waals surface area (Å²) < 4.78 is 5.68. The van der Waals surface area contributed by atoms with Crippen molar-refractivity contribution < 1.29 is 4.74 Å². The average molecular weight is 278 g/mol. The highest BCUT2D eigenvalue weighted by Crippen LogP contribution is 2.30. The van der Waals surface area contributed by atoms with Gasteiger partial charge in [0.25, 0.3) is 0 Å². The normalized spacial score (nSPS) is 12.2. The van der Waals surface area contributed by atoms with Crippen LogP contribution in [-0.4, -0.2) is 12.6 Å². The van der Waals surface area contributed by atoms with E-state index < -0.39 is 0 Å². The Morgan fingerprint density at radius 2 is 1.90 bits per heavy atom. The van der Waals surface area contributed by atoms with Crippen molar-refractivity contribution in [3.63, 3.8) is 0 Å². The van der Waals surface area contributed by atoms with E-state index in [-0.39, 0.29) is 0 Å². The van der Waals surface area contributed by atoms with Gasteiger partial charge in [-0.1, -0.05) is 46.1 Å². The first kappa shape index (κ1) is 16.7. The zero-order chi connectivity index (χ0) is 14.8. The summed E-state index contributed by atoms with van der Waals surface area (Å²) >= 11 is 0. The molecule has 3 N–H and O–H groups in total. The predicted molar refractivity (Wildman–Crippen MR) is 88.5 cm³/mol. The van der Waals surface area contributed by atoms with Gasteiger partial charge in [0.1, 0.15) is 5.75 Å². The van der Waals surface area contributed by atoms with Gasteiger partial charge in [-0.3, -0.25) is 0 Å². The minimum absolute atomic E-state index is 0.503. The number of benzene rings is 1. The summed E-state index contributed by atoms with van der Waals surface area (Å²) in [5, 5.41) is 3.59. The second-order valence-electron chi connectivity index (χ2n) is 5.34. The number of nitrogens with one attached hydrogen (secondary N) is 1. The second kappa shape index (κ2) is 9.51. The molecular formula is C17H30N2O. The number of para-hydroxylation sites is 1. The molecule has 0 bridgehead atoms. The first-order chi connectivity index (χ1) is 9.72. The fraction of sp³-hybridized carbons (Fsp3) is 0.647. The molecule has 0 aliphatic carbocycles. The Bertz CT molecular complexity index is 379. The second-order valence-corrected chi connectivity index (χ2v) is 5.34. The first-order valence-corrected chi connectivity index (χ1v) is 8.00. The maximum atomic E-state index is 6.21. The number of nitrogen functional groups attached to an aromatic ring is 1. The molecule has 114 valence electrons. The van der Waals surface area contributed by atoms with E-state index in [0.29, 0.717) is 12.6 Å². The lowest BCUT2D eigenvalue weighted by atomic mass is 10.0. The van der Waals surface area contributed by atoms with Crippen molar-refractivity contribution >= 4 is 11.4 Å². The predicted octanol–water partition coefficient (Wildman–Crippen LogP) is 4.83. The van der Waals surface area contributed by atoms with Crippen molar-refractivity contribution in [1.29, 1.82) is 0 Å². The van der Waals surface area contributed by atoms with Gasteiger partial charge < -0.3 is 15.8 Å². The van der Waals surface area contributed by atoms with Crippen molar-refractivity contribution in [2.45, 2.75) is 65.3 Å². The fourth-order valence-electron chi connectivity index (χ4n) is 2.32. The van der Waals surface area contributed by atoms with Crippen molar-refractivity contribution in [3.8, 4) is 5.75 Å². The molecule has 1 aromatic rings. The van der Waals surface area contributed by atoms with Gasteiger partial charge in [0.15, 0.2) is 0 Å². The standard InChI is InChI=1S/C17H30N2O/c1-4-7-10-14(9-5-2)19-15-11-8-12-16(17(15)18)20-13-6-3/h8,11-12,14,19H,4-7,9-10,13,18H2,1-3H3. The van der Waals surface area contributed by atoms with Gasteiger partial charge in [-0.25, -0.2) is 0 Å². The van der Waals surface area contributed by atoms with Gasteiger partial charge >= 0.3 is 0 Å². The minimum Gasteiger partial charge on any atom is -0.491 e. The minimum atomic E-state index is 0.503. The third kappa shape index (κ3) is 5.32. The molecule has 0 aromatic heterocycles. The van der Waals surface area contributed by atoms with Gasteiger partial charge in [-0.2, -0.15) is 0 Å². The SMILES string of the molecule is CCCCC(CCC)Nc1cccc(OCCC)c1N. The van der Waals surface area contributed by atoms with Crippen LogP contribution in [0.4, 0.5) is 11.4 Å². The summed E-state index contributed by atoms with van der Waals surface area (Å²) in [4.78, 5) is 0. The van der Waals surface area contributed by atoms with E-state index in [4.69, 9.17) is 10.5 Å². The van der Waals surface area contributed by atoms with Crippen molar-refractivity contribution in [2.24, 2.45) is 0 Å². The fourth-order valence-corrected chi connectivity index (χ4v) is 2.32. The molecule has 0 fully saturated rings. The van der Waals surface area contributed by atoms with Crippen LogP contribution in [0.25, 0.3) is 0 Å². The molecule has 1 rings (SSSR count). The van der Waals surface area contributed by atoms with Crippen molar-refractivity contribution in [3.05, 3.63) is 18.2 Å². The topological polar surface area (TPSA) is 47.3 Å². The van der Waals surface area contributed by atoms with Crippen LogP contribution in [0.15, 0.2) is 18.2 Å². The number of unbranched alkanes of at least 4 members (excludes halogenated alkanes) is 1. The van der Waals surface area contributed by atoms with Crippen LogP contribution in [-0.2, 0) is 0 Å². The van der Waals surface area contributed by atoms with Crippen LogP contribution < -0.4 is 15.8 Å². The zero-order valence-corrected chi connectivity index (χ0v) is 13.2. The van der Waals surface area contributed by atoms with E-state index in [2.05, 4.69) is 26.1 Å². The Hall–Kier alpha value is -1.38. The molecule has 1 aromatic carbocycles. The smallest absolute Gasteiger partial charge is 0.144 e. The molecule has 0 spiro atoms. The number of rotatable bonds is 10.